The average molecular weight is 590 g/mol. The van der Waals surface area contributed by atoms with Gasteiger partial charge in [-0.3, -0.25) is 0 Å². The molecule has 0 amide bonds. The Hall–Kier alpha value is -6.37. The second-order valence-corrected chi connectivity index (χ2v) is 11.0. The first-order chi connectivity index (χ1) is 22.8. The third kappa shape index (κ3) is 6.01. The van der Waals surface area contributed by atoms with Crippen molar-refractivity contribution < 1.29 is 0 Å². The molecule has 0 aliphatic rings. The van der Waals surface area contributed by atoms with Gasteiger partial charge in [0.05, 0.1) is 6.57 Å². The summed E-state index contributed by atoms with van der Waals surface area (Å²) in [4.78, 5) is 8.33. The topological polar surface area (TPSA) is 10.8 Å². The van der Waals surface area contributed by atoms with Gasteiger partial charge < -0.3 is 9.80 Å². The number of anilines is 6. The Morgan fingerprint density at radius 1 is 0.304 bits per heavy atom. The van der Waals surface area contributed by atoms with E-state index in [0.717, 1.165) is 56.4 Å². The van der Waals surface area contributed by atoms with E-state index in [1.807, 2.05) is 36.4 Å². The van der Waals surface area contributed by atoms with Crippen LogP contribution in [0.3, 0.4) is 0 Å². The fourth-order valence-electron chi connectivity index (χ4n) is 5.82. The van der Waals surface area contributed by atoms with E-state index in [1.54, 1.807) is 0 Å². The van der Waals surface area contributed by atoms with Crippen molar-refractivity contribution in [2.24, 2.45) is 0 Å². The second kappa shape index (κ2) is 13.1. The van der Waals surface area contributed by atoms with Crippen molar-refractivity contribution in [1.29, 1.82) is 0 Å². The molecule has 7 aromatic carbocycles. The maximum Gasteiger partial charge on any atom is 0.188 e. The highest BCUT2D eigenvalue weighted by Crippen LogP contribution is 2.39. The highest BCUT2D eigenvalue weighted by atomic mass is 15.1. The minimum Gasteiger partial charge on any atom is -0.311 e. The molecule has 7 rings (SSSR count). The van der Waals surface area contributed by atoms with E-state index in [9.17, 15) is 0 Å². The van der Waals surface area contributed by atoms with Crippen molar-refractivity contribution in [2.45, 2.75) is 0 Å². The van der Waals surface area contributed by atoms with Crippen LogP contribution in [0.1, 0.15) is 0 Å². The number of hydrogen-bond acceptors (Lipinski definition) is 2. The average Bonchev–Trinajstić information content (AvgIpc) is 3.14. The van der Waals surface area contributed by atoms with E-state index in [1.165, 1.54) is 0 Å². The van der Waals surface area contributed by atoms with E-state index in [-0.39, 0.29) is 0 Å². The van der Waals surface area contributed by atoms with Gasteiger partial charge in [-0.15, -0.1) is 0 Å². The molecule has 0 atom stereocenters. The van der Waals surface area contributed by atoms with Crippen LogP contribution in [0, 0.1) is 6.57 Å². The predicted molar refractivity (Wildman–Crippen MR) is 193 cm³/mol. The van der Waals surface area contributed by atoms with Gasteiger partial charge in [0.15, 0.2) is 5.69 Å². The summed E-state index contributed by atoms with van der Waals surface area (Å²) in [7, 11) is 0. The molecule has 0 unspecified atom stereocenters. The number of nitrogens with zero attached hydrogens (tertiary/aromatic N) is 3. The van der Waals surface area contributed by atoms with E-state index in [2.05, 4.69) is 166 Å². The number of para-hydroxylation sites is 4. The van der Waals surface area contributed by atoms with Crippen LogP contribution in [0.25, 0.3) is 27.1 Å². The molecule has 0 saturated carbocycles. The van der Waals surface area contributed by atoms with E-state index < -0.39 is 0 Å². The Morgan fingerprint density at radius 2 is 0.587 bits per heavy atom. The van der Waals surface area contributed by atoms with Gasteiger partial charge in [0.2, 0.25) is 0 Å². The Kier molecular flexibility index (Phi) is 8.09. The summed E-state index contributed by atoms with van der Waals surface area (Å²) < 4.78 is 0. The molecule has 0 radical (unpaired) electrons. The summed E-state index contributed by atoms with van der Waals surface area (Å²) >= 11 is 0. The predicted octanol–water partition coefficient (Wildman–Crippen LogP) is 12.5. The van der Waals surface area contributed by atoms with Gasteiger partial charge in [-0.05, 0) is 113 Å². The Labute approximate surface area is 270 Å². The van der Waals surface area contributed by atoms with Crippen LogP contribution in [0.2, 0.25) is 0 Å². The van der Waals surface area contributed by atoms with Crippen LogP contribution in [0.4, 0.5) is 39.8 Å². The van der Waals surface area contributed by atoms with Gasteiger partial charge in [-0.2, -0.15) is 0 Å². The summed E-state index contributed by atoms with van der Waals surface area (Å²) in [6.45, 7) is 7.84. The highest BCUT2D eigenvalue weighted by molar-refractivity contribution is 5.83. The standard InChI is InChI=1S/C43H31N3/c1-44-37-31-35(33-22-26-42(27-23-33)45(38-14-6-2-7-15-38)39-16-8-3-9-17-39)30-36(32-37)34-24-28-43(29-25-34)46(40-18-10-4-11-19-40)41-20-12-5-13-21-41/h2-32H. The zero-order valence-corrected chi connectivity index (χ0v) is 25.2. The molecular weight excluding hydrogens is 558 g/mol. The van der Waals surface area contributed by atoms with Crippen molar-refractivity contribution in [3.63, 3.8) is 0 Å². The van der Waals surface area contributed by atoms with Crippen LogP contribution in [-0.4, -0.2) is 0 Å². The fraction of sp³-hybridized carbons (Fsp3) is 0. The van der Waals surface area contributed by atoms with Gasteiger partial charge >= 0.3 is 0 Å². The van der Waals surface area contributed by atoms with Crippen molar-refractivity contribution in [2.75, 3.05) is 9.80 Å². The summed E-state index contributed by atoms with van der Waals surface area (Å²) in [6, 6.07) is 64.9. The summed E-state index contributed by atoms with van der Waals surface area (Å²) in [5, 5.41) is 0. The molecule has 0 spiro atoms. The van der Waals surface area contributed by atoms with Gasteiger partial charge in [0.25, 0.3) is 0 Å². The third-order valence-corrected chi connectivity index (χ3v) is 8.02. The zero-order chi connectivity index (χ0) is 31.1. The van der Waals surface area contributed by atoms with Gasteiger partial charge in [-0.25, -0.2) is 4.85 Å². The molecule has 0 N–H and O–H groups in total. The molecule has 46 heavy (non-hydrogen) atoms. The smallest absolute Gasteiger partial charge is 0.188 e. The van der Waals surface area contributed by atoms with Crippen molar-refractivity contribution in [3.05, 3.63) is 199 Å². The summed E-state index contributed by atoms with van der Waals surface area (Å²) in [5.41, 5.74) is 11.3. The Morgan fingerprint density at radius 3 is 0.870 bits per heavy atom. The zero-order valence-electron chi connectivity index (χ0n) is 25.2. The molecule has 0 aromatic heterocycles. The van der Waals surface area contributed by atoms with Crippen molar-refractivity contribution >= 4 is 39.8 Å². The molecular formula is C43H31N3. The quantitative estimate of drug-likeness (QED) is 0.163. The minimum atomic E-state index is 0.617. The molecule has 0 aliphatic heterocycles. The lowest BCUT2D eigenvalue weighted by Gasteiger charge is -2.25. The lowest BCUT2D eigenvalue weighted by atomic mass is 9.97. The lowest BCUT2D eigenvalue weighted by molar-refractivity contribution is 1.28. The summed E-state index contributed by atoms with van der Waals surface area (Å²) in [5.74, 6) is 0. The molecule has 0 saturated heterocycles. The largest absolute Gasteiger partial charge is 0.311 e. The van der Waals surface area contributed by atoms with Gasteiger partial charge in [0, 0.05) is 34.1 Å². The fourth-order valence-corrected chi connectivity index (χ4v) is 5.82. The minimum absolute atomic E-state index is 0.617. The molecule has 7 aromatic rings. The molecule has 0 heterocycles. The van der Waals surface area contributed by atoms with Crippen LogP contribution in [0.5, 0.6) is 0 Å². The molecule has 218 valence electrons. The van der Waals surface area contributed by atoms with Gasteiger partial charge in [0.1, 0.15) is 0 Å². The van der Waals surface area contributed by atoms with E-state index in [4.69, 9.17) is 6.57 Å². The molecule has 0 aliphatic carbocycles. The van der Waals surface area contributed by atoms with Crippen LogP contribution >= 0.6 is 0 Å². The van der Waals surface area contributed by atoms with Crippen LogP contribution in [0.15, 0.2) is 188 Å². The first kappa shape index (κ1) is 28.4. The second-order valence-electron chi connectivity index (χ2n) is 11.0. The number of rotatable bonds is 8. The number of benzene rings is 7. The summed E-state index contributed by atoms with van der Waals surface area (Å²) in [6.07, 6.45) is 0. The van der Waals surface area contributed by atoms with E-state index >= 15 is 0 Å². The Balaban J connectivity index is 1.22. The molecule has 0 fully saturated rings. The molecule has 3 nitrogen and oxygen atoms in total. The molecule has 3 heteroatoms. The Bertz CT molecular complexity index is 1840. The van der Waals surface area contributed by atoms with E-state index in [0.29, 0.717) is 5.69 Å². The highest BCUT2D eigenvalue weighted by Gasteiger charge is 2.14. The van der Waals surface area contributed by atoms with Crippen LogP contribution in [-0.2, 0) is 0 Å². The monoisotopic (exact) mass is 589 g/mol. The van der Waals surface area contributed by atoms with Crippen LogP contribution < -0.4 is 9.80 Å². The van der Waals surface area contributed by atoms with Crippen molar-refractivity contribution in [1.82, 2.24) is 0 Å². The third-order valence-electron chi connectivity index (χ3n) is 8.02. The first-order valence-corrected chi connectivity index (χ1v) is 15.3. The molecule has 0 bridgehead atoms. The SMILES string of the molecule is [C-]#[N+]c1cc(-c2ccc(N(c3ccccc3)c3ccccc3)cc2)cc(-c2ccc(N(c3ccccc3)c3ccccc3)cc2)c1. The lowest BCUT2D eigenvalue weighted by Crippen LogP contribution is -2.09. The maximum atomic E-state index is 7.84. The maximum absolute atomic E-state index is 7.84. The normalized spacial score (nSPS) is 10.6. The first-order valence-electron chi connectivity index (χ1n) is 15.3. The van der Waals surface area contributed by atoms with Crippen molar-refractivity contribution in [3.8, 4) is 22.3 Å². The number of hydrogen-bond donors (Lipinski definition) is 0. The van der Waals surface area contributed by atoms with Gasteiger partial charge in [-0.1, -0.05) is 97.1 Å².